The van der Waals surface area contributed by atoms with Gasteiger partial charge in [0.25, 0.3) is 0 Å². The summed E-state index contributed by atoms with van der Waals surface area (Å²) in [6, 6.07) is 6.14. The molecule has 1 aromatic carbocycles. The van der Waals surface area contributed by atoms with Crippen molar-refractivity contribution >= 4 is 21.4 Å². The molecule has 0 spiro atoms. The van der Waals surface area contributed by atoms with Crippen LogP contribution < -0.4 is 5.73 Å². The van der Waals surface area contributed by atoms with Crippen molar-refractivity contribution in [2.45, 2.75) is 13.0 Å². The standard InChI is InChI=1S/C16H20N2OS/c17-6-11-5-12-8-18(9-14(11)12)7-10-3-15(19)13-1-2-20-16(13)4-10/h1-4,11-12,14,19H,5-9,17H2. The molecule has 3 atom stereocenters. The average molecular weight is 288 g/mol. The zero-order valence-electron chi connectivity index (χ0n) is 11.5. The molecule has 1 aliphatic carbocycles. The molecule has 1 saturated carbocycles. The topological polar surface area (TPSA) is 49.5 Å². The number of benzene rings is 1. The highest BCUT2D eigenvalue weighted by Crippen LogP contribution is 2.45. The van der Waals surface area contributed by atoms with Gasteiger partial charge in [0.1, 0.15) is 5.75 Å². The smallest absolute Gasteiger partial charge is 0.124 e. The van der Waals surface area contributed by atoms with Gasteiger partial charge in [0.2, 0.25) is 0 Å². The minimum atomic E-state index is 0.417. The van der Waals surface area contributed by atoms with Gasteiger partial charge >= 0.3 is 0 Å². The number of phenols is 1. The SMILES string of the molecule is NCC1CC2CN(Cc3cc(O)c4ccsc4c3)CC12. The van der Waals surface area contributed by atoms with E-state index in [1.807, 2.05) is 17.5 Å². The Labute approximate surface area is 123 Å². The van der Waals surface area contributed by atoms with Gasteiger partial charge in [-0.1, -0.05) is 0 Å². The second kappa shape index (κ2) is 4.72. The first-order chi connectivity index (χ1) is 9.74. The molecule has 20 heavy (non-hydrogen) atoms. The van der Waals surface area contributed by atoms with Crippen molar-refractivity contribution in [3.05, 3.63) is 29.1 Å². The fraction of sp³-hybridized carbons (Fsp3) is 0.500. The lowest BCUT2D eigenvalue weighted by atomic mass is 9.67. The van der Waals surface area contributed by atoms with Crippen molar-refractivity contribution < 1.29 is 5.11 Å². The molecule has 3 N–H and O–H groups in total. The second-order valence-electron chi connectivity index (χ2n) is 6.30. The molecule has 2 aromatic rings. The van der Waals surface area contributed by atoms with Crippen LogP contribution in [0.5, 0.6) is 5.75 Å². The molecule has 1 aliphatic heterocycles. The lowest BCUT2D eigenvalue weighted by Crippen LogP contribution is -2.39. The second-order valence-corrected chi connectivity index (χ2v) is 7.24. The molecule has 106 valence electrons. The number of hydrogen-bond donors (Lipinski definition) is 2. The van der Waals surface area contributed by atoms with Gasteiger partial charge in [0.15, 0.2) is 0 Å². The Morgan fingerprint density at radius 3 is 3.10 bits per heavy atom. The first kappa shape index (κ1) is 12.6. The summed E-state index contributed by atoms with van der Waals surface area (Å²) in [4.78, 5) is 2.53. The Kier molecular flexibility index (Phi) is 2.98. The zero-order valence-corrected chi connectivity index (χ0v) is 12.3. The molecular formula is C16H20N2OS. The highest BCUT2D eigenvalue weighted by Gasteiger charge is 2.45. The van der Waals surface area contributed by atoms with Crippen molar-refractivity contribution in [3.8, 4) is 5.75 Å². The predicted octanol–water partition coefficient (Wildman–Crippen LogP) is 2.63. The van der Waals surface area contributed by atoms with E-state index in [4.69, 9.17) is 5.73 Å². The summed E-state index contributed by atoms with van der Waals surface area (Å²) >= 11 is 1.70. The molecule has 0 radical (unpaired) electrons. The van der Waals surface area contributed by atoms with Gasteiger partial charge in [-0.2, -0.15) is 0 Å². The highest BCUT2D eigenvalue weighted by molar-refractivity contribution is 7.17. The third-order valence-corrected chi connectivity index (χ3v) is 5.96. The van der Waals surface area contributed by atoms with Crippen LogP contribution in [0.4, 0.5) is 0 Å². The van der Waals surface area contributed by atoms with E-state index in [1.54, 1.807) is 11.3 Å². The molecule has 3 nitrogen and oxygen atoms in total. The Balaban J connectivity index is 1.51. The monoisotopic (exact) mass is 288 g/mol. The van der Waals surface area contributed by atoms with E-state index >= 15 is 0 Å². The van der Waals surface area contributed by atoms with Crippen LogP contribution in [-0.2, 0) is 6.54 Å². The van der Waals surface area contributed by atoms with Crippen molar-refractivity contribution in [3.63, 3.8) is 0 Å². The lowest BCUT2D eigenvalue weighted by molar-refractivity contribution is 0.129. The maximum absolute atomic E-state index is 10.1. The van der Waals surface area contributed by atoms with Gasteiger partial charge in [0, 0.05) is 29.7 Å². The molecular weight excluding hydrogens is 268 g/mol. The Morgan fingerprint density at radius 2 is 2.25 bits per heavy atom. The van der Waals surface area contributed by atoms with Gasteiger partial charge in [-0.15, -0.1) is 11.3 Å². The third-order valence-electron chi connectivity index (χ3n) is 5.10. The number of aromatic hydroxyl groups is 1. The van der Waals surface area contributed by atoms with Crippen molar-refractivity contribution in [1.29, 1.82) is 0 Å². The summed E-state index contributed by atoms with van der Waals surface area (Å²) in [7, 11) is 0. The molecule has 2 fully saturated rings. The van der Waals surface area contributed by atoms with Crippen LogP contribution in [0.15, 0.2) is 23.6 Å². The van der Waals surface area contributed by atoms with Gasteiger partial charge in [0.05, 0.1) is 0 Å². The molecule has 1 saturated heterocycles. The molecule has 1 aromatic heterocycles. The normalized spacial score (nSPS) is 29.6. The molecule has 0 amide bonds. The van der Waals surface area contributed by atoms with Crippen LogP contribution >= 0.6 is 11.3 Å². The minimum absolute atomic E-state index is 0.417. The highest BCUT2D eigenvalue weighted by atomic mass is 32.1. The Morgan fingerprint density at radius 1 is 1.35 bits per heavy atom. The van der Waals surface area contributed by atoms with Crippen LogP contribution in [0.1, 0.15) is 12.0 Å². The summed E-state index contributed by atoms with van der Waals surface area (Å²) in [5.74, 6) is 2.85. The van der Waals surface area contributed by atoms with Crippen LogP contribution in [-0.4, -0.2) is 29.6 Å². The molecule has 4 heteroatoms. The van der Waals surface area contributed by atoms with E-state index < -0.39 is 0 Å². The fourth-order valence-electron chi connectivity index (χ4n) is 4.00. The number of rotatable bonds is 3. The van der Waals surface area contributed by atoms with Gasteiger partial charge in [-0.05, 0) is 59.9 Å². The van der Waals surface area contributed by atoms with Crippen molar-refractivity contribution in [2.75, 3.05) is 19.6 Å². The Bertz CT molecular complexity index is 638. The van der Waals surface area contributed by atoms with Crippen LogP contribution in [0.3, 0.4) is 0 Å². The van der Waals surface area contributed by atoms with Crippen molar-refractivity contribution in [2.24, 2.45) is 23.5 Å². The van der Waals surface area contributed by atoms with E-state index in [0.717, 1.165) is 36.2 Å². The fourth-order valence-corrected chi connectivity index (χ4v) is 4.87. The maximum Gasteiger partial charge on any atom is 0.124 e. The van der Waals surface area contributed by atoms with Gasteiger partial charge in [-0.25, -0.2) is 0 Å². The first-order valence-electron chi connectivity index (χ1n) is 7.36. The number of hydrogen-bond acceptors (Lipinski definition) is 4. The summed E-state index contributed by atoms with van der Waals surface area (Å²) in [6.45, 7) is 4.17. The molecule has 0 bridgehead atoms. The van der Waals surface area contributed by atoms with E-state index in [0.29, 0.717) is 5.75 Å². The molecule has 2 heterocycles. The number of likely N-dealkylation sites (tertiary alicyclic amines) is 1. The number of fused-ring (bicyclic) bond motifs is 2. The average Bonchev–Trinajstić information content (AvgIpc) is 2.98. The van der Waals surface area contributed by atoms with E-state index in [9.17, 15) is 5.11 Å². The largest absolute Gasteiger partial charge is 0.507 e. The zero-order chi connectivity index (χ0) is 13.7. The molecule has 4 rings (SSSR count). The molecule has 3 unspecified atom stereocenters. The minimum Gasteiger partial charge on any atom is -0.507 e. The lowest BCUT2D eigenvalue weighted by Gasteiger charge is -2.38. The van der Waals surface area contributed by atoms with Crippen LogP contribution in [0.2, 0.25) is 0 Å². The number of nitrogens with zero attached hydrogens (tertiary/aromatic N) is 1. The van der Waals surface area contributed by atoms with E-state index in [2.05, 4.69) is 11.0 Å². The third kappa shape index (κ3) is 1.94. The first-order valence-corrected chi connectivity index (χ1v) is 8.24. The van der Waals surface area contributed by atoms with Gasteiger partial charge in [-0.3, -0.25) is 4.90 Å². The summed E-state index contributed by atoms with van der Waals surface area (Å²) in [5.41, 5.74) is 7.03. The number of thiophene rings is 1. The quantitative estimate of drug-likeness (QED) is 0.913. The summed E-state index contributed by atoms with van der Waals surface area (Å²) in [5, 5.41) is 13.1. The Hall–Kier alpha value is -1.10. The van der Waals surface area contributed by atoms with Crippen molar-refractivity contribution in [1.82, 2.24) is 4.90 Å². The van der Waals surface area contributed by atoms with E-state index in [-0.39, 0.29) is 0 Å². The van der Waals surface area contributed by atoms with Crippen LogP contribution in [0, 0.1) is 17.8 Å². The van der Waals surface area contributed by atoms with Gasteiger partial charge < -0.3 is 10.8 Å². The number of nitrogens with two attached hydrogens (primary N) is 1. The predicted molar refractivity (Wildman–Crippen MR) is 82.9 cm³/mol. The van der Waals surface area contributed by atoms with Crippen LogP contribution in [0.25, 0.3) is 10.1 Å². The number of phenolic OH excluding ortho intramolecular Hbond substituents is 1. The summed E-state index contributed by atoms with van der Waals surface area (Å²) < 4.78 is 1.18. The molecule has 2 aliphatic rings. The maximum atomic E-state index is 10.1. The summed E-state index contributed by atoms with van der Waals surface area (Å²) in [6.07, 6.45) is 1.31. The van der Waals surface area contributed by atoms with E-state index in [1.165, 1.54) is 29.8 Å².